The van der Waals surface area contributed by atoms with Crippen molar-refractivity contribution in [2.24, 2.45) is 0 Å². The van der Waals surface area contributed by atoms with Crippen molar-refractivity contribution in [1.82, 2.24) is 0 Å². The van der Waals surface area contributed by atoms with Gasteiger partial charge in [0, 0.05) is 0 Å². The molecule has 0 aliphatic heterocycles. The molecule has 0 aliphatic rings. The molecule has 0 aromatic heterocycles. The molecule has 2 rings (SSSR count). The molecule has 0 unspecified atom stereocenters. The first-order chi connectivity index (χ1) is 10.9. The Hall–Kier alpha value is -1.56. The van der Waals surface area contributed by atoms with Crippen LogP contribution in [0.15, 0.2) is 60.7 Å². The van der Waals surface area contributed by atoms with Crippen LogP contribution < -0.4 is 10.4 Å². The maximum atomic E-state index is 10.9. The second kappa shape index (κ2) is 7.34. The fourth-order valence-electron chi connectivity index (χ4n) is 2.77. The van der Waals surface area contributed by atoms with Gasteiger partial charge in [-0.1, -0.05) is 81.4 Å². The first-order valence-corrected chi connectivity index (χ1v) is 10.3. The zero-order chi connectivity index (χ0) is 16.9. The predicted molar refractivity (Wildman–Crippen MR) is 98.8 cm³/mol. The highest BCUT2D eigenvalue weighted by atomic mass is 32.2. The van der Waals surface area contributed by atoms with E-state index in [0.717, 1.165) is 22.4 Å². The Kier molecular flexibility index (Phi) is 5.67. The van der Waals surface area contributed by atoms with Gasteiger partial charge in [-0.2, -0.15) is 0 Å². The lowest BCUT2D eigenvalue weighted by Crippen LogP contribution is -2.65. The van der Waals surface area contributed by atoms with Crippen molar-refractivity contribution >= 4 is 36.7 Å². The van der Waals surface area contributed by atoms with Gasteiger partial charge in [-0.05, 0) is 27.5 Å². The van der Waals surface area contributed by atoms with E-state index in [0.29, 0.717) is 0 Å². The van der Waals surface area contributed by atoms with Gasteiger partial charge >= 0.3 is 5.97 Å². The number of hydrogen-bond donors (Lipinski definition) is 1. The van der Waals surface area contributed by atoms with E-state index in [2.05, 4.69) is 45.0 Å². The van der Waals surface area contributed by atoms with Gasteiger partial charge in [0.25, 0.3) is 8.32 Å². The van der Waals surface area contributed by atoms with Crippen molar-refractivity contribution < 1.29 is 13.8 Å². The molecule has 0 saturated heterocycles. The molecule has 0 radical (unpaired) electrons. The number of carboxylic acid groups (broad SMARTS) is 1. The molecular weight excluding hydrogens is 324 g/mol. The molecule has 122 valence electrons. The van der Waals surface area contributed by atoms with Crippen LogP contribution in [0, 0.1) is 0 Å². The Morgan fingerprint density at radius 1 is 1.00 bits per heavy atom. The molecule has 2 aromatic carbocycles. The van der Waals surface area contributed by atoms with Crippen LogP contribution in [0.25, 0.3) is 0 Å². The lowest BCUT2D eigenvalue weighted by Gasteiger charge is -2.41. The van der Waals surface area contributed by atoms with Gasteiger partial charge in [0.15, 0.2) is 0 Å². The van der Waals surface area contributed by atoms with Gasteiger partial charge in [0.05, 0.1) is 0 Å². The smallest absolute Gasteiger partial charge is 0.315 e. The molecular formula is C18H22O3SSi. The second-order valence-electron chi connectivity index (χ2n) is 6.40. The summed E-state index contributed by atoms with van der Waals surface area (Å²) in [6, 6.07) is 20.4. The first kappa shape index (κ1) is 17.8. The lowest BCUT2D eigenvalue weighted by molar-refractivity contribution is -0.133. The molecule has 3 nitrogen and oxygen atoms in total. The minimum atomic E-state index is -2.62. The monoisotopic (exact) mass is 346 g/mol. The van der Waals surface area contributed by atoms with Crippen LogP contribution in [-0.4, -0.2) is 25.1 Å². The summed E-state index contributed by atoms with van der Waals surface area (Å²) >= 11 is 1.05. The zero-order valence-corrected chi connectivity index (χ0v) is 15.5. The van der Waals surface area contributed by atoms with Crippen LogP contribution >= 0.6 is 12.0 Å². The molecule has 23 heavy (non-hydrogen) atoms. The largest absolute Gasteiger partial charge is 0.481 e. The topological polar surface area (TPSA) is 46.5 Å². The Morgan fingerprint density at radius 3 is 1.78 bits per heavy atom. The molecule has 0 atom stereocenters. The molecule has 5 heteroatoms. The summed E-state index contributed by atoms with van der Waals surface area (Å²) in [5.74, 6) is -0.933. The fourth-order valence-corrected chi connectivity index (χ4v) is 8.97. The van der Waals surface area contributed by atoms with Gasteiger partial charge in [-0.15, -0.1) is 0 Å². The van der Waals surface area contributed by atoms with Gasteiger partial charge in [-0.3, -0.25) is 4.79 Å². The van der Waals surface area contributed by atoms with Gasteiger partial charge in [0.2, 0.25) is 0 Å². The van der Waals surface area contributed by atoms with E-state index >= 15 is 0 Å². The zero-order valence-electron chi connectivity index (χ0n) is 13.7. The Bertz CT molecular complexity index is 599. The Morgan fingerprint density at radius 2 is 1.43 bits per heavy atom. The maximum Gasteiger partial charge on any atom is 0.315 e. The van der Waals surface area contributed by atoms with Crippen molar-refractivity contribution in [3.05, 3.63) is 60.7 Å². The van der Waals surface area contributed by atoms with Crippen molar-refractivity contribution in [1.29, 1.82) is 0 Å². The van der Waals surface area contributed by atoms with Crippen LogP contribution in [0.3, 0.4) is 0 Å². The highest BCUT2D eigenvalue weighted by molar-refractivity contribution is 7.96. The van der Waals surface area contributed by atoms with Crippen molar-refractivity contribution in [3.63, 3.8) is 0 Å². The molecule has 0 aliphatic carbocycles. The normalized spacial score (nSPS) is 12.1. The molecule has 2 aromatic rings. The van der Waals surface area contributed by atoms with E-state index in [4.69, 9.17) is 8.98 Å². The van der Waals surface area contributed by atoms with E-state index in [-0.39, 0.29) is 10.8 Å². The lowest BCUT2D eigenvalue weighted by atomic mass is 10.2. The van der Waals surface area contributed by atoms with E-state index in [1.807, 2.05) is 36.4 Å². The average molecular weight is 347 g/mol. The summed E-state index contributed by atoms with van der Waals surface area (Å²) in [6.45, 7) is 6.50. The standard InChI is InChI=1S/C18H22O3SSi/c1-18(2,3)23(21-22-14-17(19)20,15-10-6-4-7-11-15)16-12-8-5-9-13-16/h4-13H,14H2,1-3H3,(H,19,20). The van der Waals surface area contributed by atoms with Crippen molar-refractivity contribution in [3.8, 4) is 0 Å². The van der Waals surface area contributed by atoms with Crippen LogP contribution in [0.1, 0.15) is 20.8 Å². The van der Waals surface area contributed by atoms with E-state index < -0.39 is 14.3 Å². The molecule has 0 fully saturated rings. The number of carboxylic acids is 1. The minimum absolute atomic E-state index is 0.0650. The first-order valence-electron chi connectivity index (χ1n) is 7.51. The number of aliphatic carboxylic acids is 1. The quantitative estimate of drug-likeness (QED) is 0.644. The van der Waals surface area contributed by atoms with E-state index in [9.17, 15) is 4.79 Å². The SMILES string of the molecule is CC(C)(C)[Si](OSCC(=O)O)(c1ccccc1)c1ccccc1. The summed E-state index contributed by atoms with van der Waals surface area (Å²) in [4.78, 5) is 10.9. The highest BCUT2D eigenvalue weighted by Crippen LogP contribution is 2.38. The van der Waals surface area contributed by atoms with Crippen LogP contribution in [0.5, 0.6) is 0 Å². The summed E-state index contributed by atoms with van der Waals surface area (Å²) < 4.78 is 6.35. The summed E-state index contributed by atoms with van der Waals surface area (Å²) in [6.07, 6.45) is 0. The highest BCUT2D eigenvalue weighted by Gasteiger charge is 2.50. The molecule has 0 amide bonds. The third kappa shape index (κ3) is 3.86. The predicted octanol–water partition coefficient (Wildman–Crippen LogP) is 3.30. The fraction of sp³-hybridized carbons (Fsp3) is 0.278. The summed E-state index contributed by atoms with van der Waals surface area (Å²) in [5, 5.41) is 11.1. The van der Waals surface area contributed by atoms with Gasteiger partial charge in [-0.25, -0.2) is 0 Å². The third-order valence-electron chi connectivity index (χ3n) is 3.78. The minimum Gasteiger partial charge on any atom is -0.481 e. The second-order valence-corrected chi connectivity index (χ2v) is 11.6. The molecule has 0 bridgehead atoms. The number of carbonyl (C=O) groups is 1. The summed E-state index contributed by atoms with van der Waals surface area (Å²) in [5.41, 5.74) is 0. The molecule has 1 N–H and O–H groups in total. The van der Waals surface area contributed by atoms with Crippen LogP contribution in [-0.2, 0) is 8.67 Å². The number of benzene rings is 2. The van der Waals surface area contributed by atoms with Gasteiger partial charge < -0.3 is 8.98 Å². The molecule has 0 saturated carbocycles. The van der Waals surface area contributed by atoms with Gasteiger partial charge in [0.1, 0.15) is 5.75 Å². The number of rotatable bonds is 6. The average Bonchev–Trinajstić information content (AvgIpc) is 2.52. The van der Waals surface area contributed by atoms with Crippen LogP contribution in [0.4, 0.5) is 0 Å². The van der Waals surface area contributed by atoms with E-state index in [1.165, 1.54) is 0 Å². The van der Waals surface area contributed by atoms with Crippen molar-refractivity contribution in [2.45, 2.75) is 25.8 Å². The van der Waals surface area contributed by atoms with E-state index in [1.54, 1.807) is 0 Å². The maximum absolute atomic E-state index is 10.9. The summed E-state index contributed by atoms with van der Waals surface area (Å²) in [7, 11) is -2.62. The molecule has 0 heterocycles. The Balaban J connectivity index is 2.57. The Labute approximate surface area is 143 Å². The van der Waals surface area contributed by atoms with Crippen LogP contribution in [0.2, 0.25) is 5.04 Å². The molecule has 0 spiro atoms. The number of hydrogen-bond acceptors (Lipinski definition) is 3. The van der Waals surface area contributed by atoms with Crippen molar-refractivity contribution in [2.75, 3.05) is 5.75 Å². The third-order valence-corrected chi connectivity index (χ3v) is 10.0.